The predicted octanol–water partition coefficient (Wildman–Crippen LogP) is 3.37. The van der Waals surface area contributed by atoms with Gasteiger partial charge in [0.05, 0.1) is 6.61 Å². The molecule has 0 unspecified atom stereocenters. The normalized spacial score (nSPS) is 16.6. The van der Waals surface area contributed by atoms with Crippen molar-refractivity contribution in [3.8, 4) is 0 Å². The van der Waals surface area contributed by atoms with Gasteiger partial charge in [-0.3, -0.25) is 0 Å². The lowest BCUT2D eigenvalue weighted by Gasteiger charge is -2.33. The highest BCUT2D eigenvalue weighted by atomic mass is 16.6. The minimum atomic E-state index is -0.432. The third kappa shape index (κ3) is 5.02. The van der Waals surface area contributed by atoms with Crippen molar-refractivity contribution >= 4 is 6.09 Å². The van der Waals surface area contributed by atoms with E-state index in [-0.39, 0.29) is 12.7 Å². The highest BCUT2D eigenvalue weighted by Gasteiger charge is 2.26. The van der Waals surface area contributed by atoms with E-state index in [1.807, 2.05) is 37.8 Å². The number of aliphatic hydroxyl groups excluding tert-OH is 1. The lowest BCUT2D eigenvalue weighted by Crippen LogP contribution is -2.42. The van der Waals surface area contributed by atoms with E-state index in [9.17, 15) is 9.90 Å². The van der Waals surface area contributed by atoms with Crippen molar-refractivity contribution in [2.75, 3.05) is 13.1 Å². The Labute approximate surface area is 133 Å². The van der Waals surface area contributed by atoms with Crippen LogP contribution in [0, 0.1) is 5.92 Å². The molecule has 1 heterocycles. The Morgan fingerprint density at radius 1 is 1.27 bits per heavy atom. The molecule has 1 aromatic carbocycles. The van der Waals surface area contributed by atoms with Gasteiger partial charge in [0, 0.05) is 13.1 Å². The number of rotatable bonds is 3. The molecule has 1 amide bonds. The number of carbonyl (C=O) groups excluding carboxylic acids is 1. The van der Waals surface area contributed by atoms with Gasteiger partial charge in [0.2, 0.25) is 0 Å². The van der Waals surface area contributed by atoms with E-state index in [2.05, 4.69) is 12.1 Å². The maximum Gasteiger partial charge on any atom is 0.410 e. The number of benzene rings is 1. The summed E-state index contributed by atoms with van der Waals surface area (Å²) < 4.78 is 5.42. The van der Waals surface area contributed by atoms with Crippen LogP contribution in [0.3, 0.4) is 0 Å². The first kappa shape index (κ1) is 16.8. The van der Waals surface area contributed by atoms with Gasteiger partial charge in [0.1, 0.15) is 5.60 Å². The zero-order valence-electron chi connectivity index (χ0n) is 13.8. The minimum absolute atomic E-state index is 0.0882. The Bertz CT molecular complexity index is 499. The minimum Gasteiger partial charge on any atom is -0.444 e. The summed E-state index contributed by atoms with van der Waals surface area (Å²) >= 11 is 0. The number of likely N-dealkylation sites (tertiary alicyclic amines) is 1. The highest BCUT2D eigenvalue weighted by Crippen LogP contribution is 2.23. The van der Waals surface area contributed by atoms with Gasteiger partial charge >= 0.3 is 6.09 Å². The van der Waals surface area contributed by atoms with E-state index in [0.29, 0.717) is 5.92 Å². The fraction of sp³-hybridized carbons (Fsp3) is 0.611. The van der Waals surface area contributed by atoms with Crippen molar-refractivity contribution in [1.29, 1.82) is 0 Å². The van der Waals surface area contributed by atoms with Gasteiger partial charge in [-0.2, -0.15) is 0 Å². The third-order valence-corrected chi connectivity index (χ3v) is 3.96. The van der Waals surface area contributed by atoms with Crippen LogP contribution in [0.25, 0.3) is 0 Å². The molecule has 22 heavy (non-hydrogen) atoms. The van der Waals surface area contributed by atoms with Crippen molar-refractivity contribution in [3.63, 3.8) is 0 Å². The third-order valence-electron chi connectivity index (χ3n) is 3.96. The van der Waals surface area contributed by atoms with Crippen LogP contribution in [-0.2, 0) is 17.8 Å². The molecule has 1 fully saturated rings. The Kier molecular flexibility index (Phi) is 5.46. The quantitative estimate of drug-likeness (QED) is 0.931. The van der Waals surface area contributed by atoms with Crippen LogP contribution in [0.2, 0.25) is 0 Å². The number of piperidine rings is 1. The summed E-state index contributed by atoms with van der Waals surface area (Å²) in [7, 11) is 0. The molecule has 2 rings (SSSR count). The van der Waals surface area contributed by atoms with Gasteiger partial charge in [0.25, 0.3) is 0 Å². The van der Waals surface area contributed by atoms with Gasteiger partial charge in [0.15, 0.2) is 0 Å². The summed E-state index contributed by atoms with van der Waals surface area (Å²) in [6.45, 7) is 7.30. The van der Waals surface area contributed by atoms with E-state index < -0.39 is 5.60 Å². The average molecular weight is 305 g/mol. The van der Waals surface area contributed by atoms with Crippen LogP contribution in [0.5, 0.6) is 0 Å². The summed E-state index contributed by atoms with van der Waals surface area (Å²) in [5.74, 6) is 0.590. The lowest BCUT2D eigenvalue weighted by molar-refractivity contribution is 0.0184. The number of amides is 1. The molecule has 0 aromatic heterocycles. The van der Waals surface area contributed by atoms with Gasteiger partial charge in [-0.05, 0) is 57.1 Å². The summed E-state index contributed by atoms with van der Waals surface area (Å²) in [6.07, 6.45) is 2.81. The standard InChI is InChI=1S/C18H27NO3/c1-18(2,3)22-17(21)19-9-7-14(8-10-19)11-15-5-4-6-16(12-15)13-20/h4-6,12,14,20H,7-11,13H2,1-3H3. The molecule has 1 aromatic rings. The van der Waals surface area contributed by atoms with Gasteiger partial charge in [-0.1, -0.05) is 24.3 Å². The molecule has 0 spiro atoms. The van der Waals surface area contributed by atoms with E-state index in [1.54, 1.807) is 0 Å². The number of ether oxygens (including phenoxy) is 1. The molecule has 122 valence electrons. The molecular weight excluding hydrogens is 278 g/mol. The molecule has 0 atom stereocenters. The second-order valence-corrected chi connectivity index (χ2v) is 7.09. The summed E-state index contributed by atoms with van der Waals surface area (Å²) in [5.41, 5.74) is 1.80. The molecule has 0 saturated carbocycles. The second-order valence-electron chi connectivity index (χ2n) is 7.09. The Morgan fingerprint density at radius 3 is 2.50 bits per heavy atom. The van der Waals surface area contributed by atoms with Gasteiger partial charge in [-0.15, -0.1) is 0 Å². The first-order valence-electron chi connectivity index (χ1n) is 8.04. The Balaban J connectivity index is 1.83. The van der Waals surface area contributed by atoms with Crippen LogP contribution < -0.4 is 0 Å². The smallest absolute Gasteiger partial charge is 0.410 e. The summed E-state index contributed by atoms with van der Waals surface area (Å²) in [5, 5.41) is 9.20. The molecule has 1 saturated heterocycles. The van der Waals surface area contributed by atoms with Crippen molar-refractivity contribution in [3.05, 3.63) is 35.4 Å². The average Bonchev–Trinajstić information content (AvgIpc) is 2.46. The van der Waals surface area contributed by atoms with E-state index in [1.165, 1.54) is 5.56 Å². The van der Waals surface area contributed by atoms with Gasteiger partial charge in [-0.25, -0.2) is 4.79 Å². The predicted molar refractivity (Wildman–Crippen MR) is 86.6 cm³/mol. The van der Waals surface area contributed by atoms with E-state index >= 15 is 0 Å². The molecular formula is C18H27NO3. The number of hydrogen-bond donors (Lipinski definition) is 1. The first-order valence-corrected chi connectivity index (χ1v) is 8.04. The molecule has 1 N–H and O–H groups in total. The molecule has 4 heteroatoms. The number of hydrogen-bond acceptors (Lipinski definition) is 3. The molecule has 4 nitrogen and oxygen atoms in total. The van der Waals surface area contributed by atoms with Crippen LogP contribution in [0.1, 0.15) is 44.7 Å². The fourth-order valence-electron chi connectivity index (χ4n) is 2.83. The highest BCUT2D eigenvalue weighted by molar-refractivity contribution is 5.68. The molecule has 0 radical (unpaired) electrons. The van der Waals surface area contributed by atoms with Crippen molar-refractivity contribution in [1.82, 2.24) is 4.90 Å². The van der Waals surface area contributed by atoms with Crippen molar-refractivity contribution in [2.45, 2.75) is 52.2 Å². The monoisotopic (exact) mass is 305 g/mol. The zero-order valence-corrected chi connectivity index (χ0v) is 13.8. The number of nitrogens with zero attached hydrogens (tertiary/aromatic N) is 1. The SMILES string of the molecule is CC(C)(C)OC(=O)N1CCC(Cc2cccc(CO)c2)CC1. The maximum atomic E-state index is 12.0. The van der Waals surface area contributed by atoms with Crippen molar-refractivity contribution in [2.24, 2.45) is 5.92 Å². The second kappa shape index (κ2) is 7.14. The number of carbonyl (C=O) groups is 1. The number of aliphatic hydroxyl groups is 1. The first-order chi connectivity index (χ1) is 10.4. The summed E-state index contributed by atoms with van der Waals surface area (Å²) in [6, 6.07) is 8.12. The van der Waals surface area contributed by atoms with Gasteiger partial charge < -0.3 is 14.7 Å². The maximum absolute atomic E-state index is 12.0. The molecule has 1 aliphatic heterocycles. The molecule has 0 aliphatic carbocycles. The zero-order chi connectivity index (χ0) is 16.2. The largest absolute Gasteiger partial charge is 0.444 e. The van der Waals surface area contributed by atoms with Crippen LogP contribution >= 0.6 is 0 Å². The van der Waals surface area contributed by atoms with E-state index in [4.69, 9.17) is 4.74 Å². The van der Waals surface area contributed by atoms with Crippen LogP contribution in [-0.4, -0.2) is 34.8 Å². The van der Waals surface area contributed by atoms with E-state index in [0.717, 1.165) is 37.9 Å². The van der Waals surface area contributed by atoms with Crippen LogP contribution in [0.4, 0.5) is 4.79 Å². The molecule has 0 bridgehead atoms. The molecule has 1 aliphatic rings. The Hall–Kier alpha value is -1.55. The lowest BCUT2D eigenvalue weighted by atomic mass is 9.90. The topological polar surface area (TPSA) is 49.8 Å². The van der Waals surface area contributed by atoms with Crippen LogP contribution in [0.15, 0.2) is 24.3 Å². The Morgan fingerprint density at radius 2 is 1.91 bits per heavy atom. The fourth-order valence-corrected chi connectivity index (χ4v) is 2.83. The van der Waals surface area contributed by atoms with Crippen molar-refractivity contribution < 1.29 is 14.6 Å². The summed E-state index contributed by atoms with van der Waals surface area (Å²) in [4.78, 5) is 13.8.